The van der Waals surface area contributed by atoms with Crippen LogP contribution in [0.25, 0.3) is 0 Å². The van der Waals surface area contributed by atoms with E-state index in [0.29, 0.717) is 11.4 Å². The molecule has 0 fully saturated rings. The van der Waals surface area contributed by atoms with Crippen molar-refractivity contribution >= 4 is 17.3 Å². The highest BCUT2D eigenvalue weighted by Gasteiger charge is 2.15. The lowest BCUT2D eigenvalue weighted by Gasteiger charge is -2.14. The minimum absolute atomic E-state index is 0.0239. The second-order valence-corrected chi connectivity index (χ2v) is 4.87. The number of hydrogen-bond donors (Lipinski definition) is 1. The summed E-state index contributed by atoms with van der Waals surface area (Å²) < 4.78 is 5.48. The van der Waals surface area contributed by atoms with Crippen LogP contribution in [0.4, 0.5) is 11.4 Å². The maximum atomic E-state index is 12.1. The molecule has 0 saturated heterocycles. The molecular weight excluding hydrogens is 284 g/mol. The number of non-ortho nitro benzene ring substituents is 1. The zero-order valence-electron chi connectivity index (χ0n) is 12.3. The summed E-state index contributed by atoms with van der Waals surface area (Å²) in [5.41, 5.74) is 1.72. The quantitative estimate of drug-likeness (QED) is 0.678. The molecule has 0 spiro atoms. The summed E-state index contributed by atoms with van der Waals surface area (Å²) in [6, 6.07) is 13.0. The Bertz CT molecular complexity index is 683. The van der Waals surface area contributed by atoms with E-state index in [1.165, 1.54) is 24.3 Å². The topological polar surface area (TPSA) is 81.5 Å². The van der Waals surface area contributed by atoms with E-state index in [-0.39, 0.29) is 11.6 Å². The maximum Gasteiger partial charge on any atom is 0.269 e. The van der Waals surface area contributed by atoms with Gasteiger partial charge in [0.1, 0.15) is 5.75 Å². The first-order valence-electron chi connectivity index (χ1n) is 6.74. The van der Waals surface area contributed by atoms with E-state index in [9.17, 15) is 14.9 Å². The zero-order chi connectivity index (χ0) is 16.1. The van der Waals surface area contributed by atoms with E-state index >= 15 is 0 Å². The van der Waals surface area contributed by atoms with Gasteiger partial charge in [0.2, 0.25) is 0 Å². The summed E-state index contributed by atoms with van der Waals surface area (Å²) in [5.74, 6) is 0.112. The molecule has 0 heterocycles. The van der Waals surface area contributed by atoms with Crippen LogP contribution in [-0.4, -0.2) is 16.9 Å². The molecule has 1 atom stereocenters. The minimum Gasteiger partial charge on any atom is -0.481 e. The Morgan fingerprint density at radius 1 is 1.23 bits per heavy atom. The maximum absolute atomic E-state index is 12.1. The van der Waals surface area contributed by atoms with Crippen molar-refractivity contribution in [1.82, 2.24) is 0 Å². The molecule has 114 valence electrons. The Morgan fingerprint density at radius 2 is 1.91 bits per heavy atom. The van der Waals surface area contributed by atoms with Gasteiger partial charge in [-0.3, -0.25) is 14.9 Å². The van der Waals surface area contributed by atoms with Crippen LogP contribution in [0.2, 0.25) is 0 Å². The molecule has 0 unspecified atom stereocenters. The normalized spacial score (nSPS) is 11.5. The number of carbonyl (C=O) groups is 1. The number of anilines is 1. The van der Waals surface area contributed by atoms with Gasteiger partial charge >= 0.3 is 0 Å². The van der Waals surface area contributed by atoms with Gasteiger partial charge in [-0.25, -0.2) is 0 Å². The van der Waals surface area contributed by atoms with Gasteiger partial charge in [-0.1, -0.05) is 12.1 Å². The largest absolute Gasteiger partial charge is 0.481 e. The van der Waals surface area contributed by atoms with Crippen LogP contribution in [0, 0.1) is 17.0 Å². The average molecular weight is 300 g/mol. The third kappa shape index (κ3) is 4.05. The molecule has 0 saturated carbocycles. The Morgan fingerprint density at radius 3 is 2.50 bits per heavy atom. The highest BCUT2D eigenvalue weighted by molar-refractivity contribution is 5.94. The molecular formula is C16H16N2O4. The standard InChI is InChI=1S/C16H16N2O4/c1-11-4-3-5-13(10-11)17-16(19)12(2)22-15-8-6-14(7-9-15)18(20)21/h3-10,12H,1-2H3,(H,17,19)/t12-/m0/s1. The molecule has 0 aromatic heterocycles. The van der Waals surface area contributed by atoms with E-state index in [1.54, 1.807) is 13.0 Å². The van der Waals surface area contributed by atoms with Gasteiger partial charge in [0.05, 0.1) is 4.92 Å². The third-order valence-electron chi connectivity index (χ3n) is 3.02. The van der Waals surface area contributed by atoms with Gasteiger partial charge in [-0.15, -0.1) is 0 Å². The van der Waals surface area contributed by atoms with Crippen molar-refractivity contribution in [3.63, 3.8) is 0 Å². The summed E-state index contributed by atoms with van der Waals surface area (Å²) in [6.07, 6.45) is -0.720. The van der Waals surface area contributed by atoms with Crippen LogP contribution in [-0.2, 0) is 4.79 Å². The molecule has 1 N–H and O–H groups in total. The summed E-state index contributed by atoms with van der Waals surface area (Å²) in [5, 5.41) is 13.3. The van der Waals surface area contributed by atoms with Crippen molar-refractivity contribution in [3.05, 3.63) is 64.2 Å². The van der Waals surface area contributed by atoms with Crippen LogP contribution < -0.4 is 10.1 Å². The number of carbonyl (C=O) groups excluding carboxylic acids is 1. The first-order valence-corrected chi connectivity index (χ1v) is 6.74. The molecule has 0 radical (unpaired) electrons. The van der Waals surface area contributed by atoms with Crippen LogP contribution >= 0.6 is 0 Å². The van der Waals surface area contributed by atoms with Crippen LogP contribution in [0.1, 0.15) is 12.5 Å². The summed E-state index contributed by atoms with van der Waals surface area (Å²) in [6.45, 7) is 3.55. The Balaban J connectivity index is 1.97. The molecule has 1 amide bonds. The molecule has 22 heavy (non-hydrogen) atoms. The number of nitrogens with one attached hydrogen (secondary N) is 1. The second-order valence-electron chi connectivity index (χ2n) is 4.87. The molecule has 0 bridgehead atoms. The van der Waals surface area contributed by atoms with Gasteiger partial charge in [0, 0.05) is 17.8 Å². The second kappa shape index (κ2) is 6.71. The van der Waals surface area contributed by atoms with E-state index in [2.05, 4.69) is 5.32 Å². The van der Waals surface area contributed by atoms with E-state index in [0.717, 1.165) is 5.56 Å². The predicted octanol–water partition coefficient (Wildman–Crippen LogP) is 3.31. The van der Waals surface area contributed by atoms with Crippen molar-refractivity contribution in [2.45, 2.75) is 20.0 Å². The smallest absolute Gasteiger partial charge is 0.269 e. The SMILES string of the molecule is Cc1cccc(NC(=O)[C@H](C)Oc2ccc([N+](=O)[O-])cc2)c1. The van der Waals surface area contributed by atoms with E-state index < -0.39 is 11.0 Å². The monoisotopic (exact) mass is 300 g/mol. The van der Waals surface area contributed by atoms with Gasteiger partial charge in [0.15, 0.2) is 6.10 Å². The molecule has 2 aromatic rings. The number of nitro groups is 1. The Hall–Kier alpha value is -2.89. The van der Waals surface area contributed by atoms with Gasteiger partial charge < -0.3 is 10.1 Å². The third-order valence-corrected chi connectivity index (χ3v) is 3.02. The number of benzene rings is 2. The lowest BCUT2D eigenvalue weighted by Crippen LogP contribution is -2.30. The number of amides is 1. The Kier molecular flexibility index (Phi) is 4.73. The van der Waals surface area contributed by atoms with Crippen molar-refractivity contribution in [2.24, 2.45) is 0 Å². The van der Waals surface area contributed by atoms with Crippen molar-refractivity contribution in [3.8, 4) is 5.75 Å². The molecule has 0 aliphatic heterocycles. The number of aryl methyl sites for hydroxylation is 1. The van der Waals surface area contributed by atoms with Crippen LogP contribution in [0.15, 0.2) is 48.5 Å². The lowest BCUT2D eigenvalue weighted by atomic mass is 10.2. The van der Waals surface area contributed by atoms with Crippen molar-refractivity contribution in [1.29, 1.82) is 0 Å². The van der Waals surface area contributed by atoms with E-state index in [1.807, 2.05) is 25.1 Å². The number of ether oxygens (including phenoxy) is 1. The molecule has 0 aliphatic rings. The molecule has 6 heteroatoms. The number of hydrogen-bond acceptors (Lipinski definition) is 4. The predicted molar refractivity (Wildman–Crippen MR) is 83.0 cm³/mol. The first-order chi connectivity index (χ1) is 10.5. The molecule has 2 rings (SSSR count). The molecule has 0 aliphatic carbocycles. The fraction of sp³-hybridized carbons (Fsp3) is 0.188. The lowest BCUT2D eigenvalue weighted by molar-refractivity contribution is -0.384. The Labute approximate surface area is 127 Å². The van der Waals surface area contributed by atoms with E-state index in [4.69, 9.17) is 4.74 Å². The summed E-state index contributed by atoms with van der Waals surface area (Å²) >= 11 is 0. The highest BCUT2D eigenvalue weighted by Crippen LogP contribution is 2.19. The fourth-order valence-electron chi connectivity index (χ4n) is 1.87. The minimum atomic E-state index is -0.720. The number of rotatable bonds is 5. The van der Waals surface area contributed by atoms with Crippen LogP contribution in [0.3, 0.4) is 0 Å². The van der Waals surface area contributed by atoms with Crippen molar-refractivity contribution < 1.29 is 14.5 Å². The first kappa shape index (κ1) is 15.5. The summed E-state index contributed by atoms with van der Waals surface area (Å²) in [4.78, 5) is 22.1. The molecule has 6 nitrogen and oxygen atoms in total. The number of nitro benzene ring substituents is 1. The fourth-order valence-corrected chi connectivity index (χ4v) is 1.87. The van der Waals surface area contributed by atoms with Gasteiger partial charge in [0.25, 0.3) is 11.6 Å². The highest BCUT2D eigenvalue weighted by atomic mass is 16.6. The number of nitrogens with zero attached hydrogens (tertiary/aromatic N) is 1. The van der Waals surface area contributed by atoms with Crippen molar-refractivity contribution in [2.75, 3.05) is 5.32 Å². The summed E-state index contributed by atoms with van der Waals surface area (Å²) in [7, 11) is 0. The van der Waals surface area contributed by atoms with Gasteiger partial charge in [-0.2, -0.15) is 0 Å². The molecule has 2 aromatic carbocycles. The van der Waals surface area contributed by atoms with Crippen LogP contribution in [0.5, 0.6) is 5.75 Å². The average Bonchev–Trinajstić information content (AvgIpc) is 2.47. The zero-order valence-corrected chi connectivity index (χ0v) is 12.3. The van der Waals surface area contributed by atoms with Gasteiger partial charge in [-0.05, 0) is 43.7 Å².